The molecule has 0 spiro atoms. The lowest BCUT2D eigenvalue weighted by Gasteiger charge is -2.26. The molecule has 25 heavy (non-hydrogen) atoms. The molecule has 1 aliphatic rings. The second-order valence-corrected chi connectivity index (χ2v) is 5.85. The molecule has 7 nitrogen and oxygen atoms in total. The van der Waals surface area contributed by atoms with E-state index in [1.807, 2.05) is 11.5 Å². The van der Waals surface area contributed by atoms with Crippen LogP contribution in [-0.2, 0) is 19.5 Å². The van der Waals surface area contributed by atoms with E-state index in [9.17, 15) is 9.18 Å². The van der Waals surface area contributed by atoms with Crippen molar-refractivity contribution in [1.29, 1.82) is 0 Å². The van der Waals surface area contributed by atoms with Gasteiger partial charge in [0.1, 0.15) is 17.3 Å². The molecule has 0 saturated carbocycles. The van der Waals surface area contributed by atoms with Crippen LogP contribution in [-0.4, -0.2) is 37.3 Å². The maximum Gasteiger partial charge on any atom is 0.292 e. The van der Waals surface area contributed by atoms with Crippen LogP contribution in [0.25, 0.3) is 11.3 Å². The minimum absolute atomic E-state index is 0.128. The number of benzene rings is 1. The van der Waals surface area contributed by atoms with Gasteiger partial charge in [0.05, 0.1) is 6.54 Å². The number of aromatic nitrogens is 4. The lowest BCUT2D eigenvalue weighted by Crippen LogP contribution is -2.38. The molecular formula is C17H16FN5O2. The minimum Gasteiger partial charge on any atom is -0.350 e. The van der Waals surface area contributed by atoms with E-state index in [-0.39, 0.29) is 17.5 Å². The fourth-order valence-electron chi connectivity index (χ4n) is 2.97. The predicted octanol–water partition coefficient (Wildman–Crippen LogP) is 2.29. The van der Waals surface area contributed by atoms with Gasteiger partial charge in [-0.15, -0.1) is 10.2 Å². The largest absolute Gasteiger partial charge is 0.350 e. The van der Waals surface area contributed by atoms with Crippen molar-refractivity contribution in [2.45, 2.75) is 26.4 Å². The van der Waals surface area contributed by atoms with Gasteiger partial charge in [-0.25, -0.2) is 4.39 Å². The third kappa shape index (κ3) is 2.79. The molecule has 1 aromatic carbocycles. The summed E-state index contributed by atoms with van der Waals surface area (Å²) in [4.78, 5) is 14.3. The smallest absolute Gasteiger partial charge is 0.292 e. The fourth-order valence-corrected chi connectivity index (χ4v) is 2.97. The Hall–Kier alpha value is -3.03. The van der Waals surface area contributed by atoms with Gasteiger partial charge in [0.25, 0.3) is 5.91 Å². The van der Waals surface area contributed by atoms with E-state index in [0.29, 0.717) is 30.9 Å². The number of carbonyl (C=O) groups is 1. The predicted molar refractivity (Wildman–Crippen MR) is 86.0 cm³/mol. The first-order valence-electron chi connectivity index (χ1n) is 8.08. The van der Waals surface area contributed by atoms with Crippen molar-refractivity contribution in [1.82, 2.24) is 24.8 Å². The summed E-state index contributed by atoms with van der Waals surface area (Å²) in [6.07, 6.45) is 0.806. The van der Waals surface area contributed by atoms with Crippen molar-refractivity contribution in [3.8, 4) is 11.3 Å². The number of rotatable bonds is 3. The number of carbonyl (C=O) groups excluding carboxylic acids is 1. The molecule has 0 saturated heterocycles. The van der Waals surface area contributed by atoms with Crippen LogP contribution in [0.3, 0.4) is 0 Å². The van der Waals surface area contributed by atoms with Gasteiger partial charge in [-0.05, 0) is 12.1 Å². The van der Waals surface area contributed by atoms with Crippen molar-refractivity contribution in [2.24, 2.45) is 0 Å². The highest BCUT2D eigenvalue weighted by Gasteiger charge is 2.27. The van der Waals surface area contributed by atoms with E-state index in [1.54, 1.807) is 17.0 Å². The van der Waals surface area contributed by atoms with Crippen molar-refractivity contribution < 1.29 is 13.7 Å². The van der Waals surface area contributed by atoms with Gasteiger partial charge in [-0.2, -0.15) is 0 Å². The summed E-state index contributed by atoms with van der Waals surface area (Å²) in [5.74, 6) is 1.19. The zero-order valence-electron chi connectivity index (χ0n) is 13.6. The molecule has 0 atom stereocenters. The van der Waals surface area contributed by atoms with Crippen molar-refractivity contribution in [2.75, 3.05) is 6.54 Å². The second kappa shape index (κ2) is 6.12. The molecule has 0 radical (unpaired) electrons. The number of aryl methyl sites for hydroxylation is 1. The average molecular weight is 341 g/mol. The van der Waals surface area contributed by atoms with E-state index in [4.69, 9.17) is 4.52 Å². The van der Waals surface area contributed by atoms with Gasteiger partial charge >= 0.3 is 0 Å². The number of hydrogen-bond donors (Lipinski definition) is 0. The van der Waals surface area contributed by atoms with Crippen molar-refractivity contribution in [3.63, 3.8) is 0 Å². The van der Waals surface area contributed by atoms with E-state index in [1.165, 1.54) is 18.2 Å². The van der Waals surface area contributed by atoms with Crippen LogP contribution in [0.4, 0.5) is 4.39 Å². The highest BCUT2D eigenvalue weighted by Crippen LogP contribution is 2.22. The van der Waals surface area contributed by atoms with Crippen LogP contribution < -0.4 is 0 Å². The normalized spacial score (nSPS) is 13.8. The Morgan fingerprint density at radius 1 is 1.28 bits per heavy atom. The van der Waals surface area contributed by atoms with Gasteiger partial charge < -0.3 is 14.0 Å². The average Bonchev–Trinajstić information content (AvgIpc) is 3.27. The molecule has 128 valence electrons. The Balaban J connectivity index is 1.54. The molecule has 0 fully saturated rings. The lowest BCUT2D eigenvalue weighted by molar-refractivity contribution is 0.0664. The summed E-state index contributed by atoms with van der Waals surface area (Å²) >= 11 is 0. The van der Waals surface area contributed by atoms with Crippen LogP contribution in [0.5, 0.6) is 0 Å². The van der Waals surface area contributed by atoms with Crippen LogP contribution in [0.2, 0.25) is 0 Å². The Labute approximate surface area is 143 Å². The van der Waals surface area contributed by atoms with Crippen molar-refractivity contribution in [3.05, 3.63) is 53.6 Å². The molecule has 2 aromatic heterocycles. The van der Waals surface area contributed by atoms with Crippen LogP contribution in [0.15, 0.2) is 34.9 Å². The fraction of sp³-hybridized carbons (Fsp3) is 0.294. The molecule has 1 aliphatic heterocycles. The first-order chi connectivity index (χ1) is 12.2. The topological polar surface area (TPSA) is 77.1 Å². The Morgan fingerprint density at radius 2 is 2.16 bits per heavy atom. The van der Waals surface area contributed by atoms with E-state index in [2.05, 4.69) is 15.4 Å². The third-order valence-electron chi connectivity index (χ3n) is 4.27. The molecule has 4 rings (SSSR count). The minimum atomic E-state index is -0.365. The van der Waals surface area contributed by atoms with Crippen LogP contribution >= 0.6 is 0 Å². The maximum atomic E-state index is 13.3. The molecule has 0 unspecified atom stereocenters. The second-order valence-electron chi connectivity index (χ2n) is 5.85. The highest BCUT2D eigenvalue weighted by atomic mass is 19.1. The van der Waals surface area contributed by atoms with Gasteiger partial charge in [-0.3, -0.25) is 4.79 Å². The Kier molecular flexibility index (Phi) is 3.79. The summed E-state index contributed by atoms with van der Waals surface area (Å²) in [7, 11) is 0. The van der Waals surface area contributed by atoms with E-state index in [0.717, 1.165) is 18.1 Å². The Morgan fingerprint density at radius 3 is 2.96 bits per heavy atom. The van der Waals surface area contributed by atoms with Gasteiger partial charge in [-0.1, -0.05) is 24.2 Å². The highest BCUT2D eigenvalue weighted by molar-refractivity contribution is 5.92. The zero-order chi connectivity index (χ0) is 17.4. The molecule has 0 bridgehead atoms. The van der Waals surface area contributed by atoms with E-state index < -0.39 is 0 Å². The number of nitrogens with zero attached hydrogens (tertiary/aromatic N) is 5. The van der Waals surface area contributed by atoms with Crippen LogP contribution in [0.1, 0.15) is 29.1 Å². The number of fused-ring (bicyclic) bond motifs is 1. The first-order valence-corrected chi connectivity index (χ1v) is 8.08. The number of amides is 1. The summed E-state index contributed by atoms with van der Waals surface area (Å²) in [6, 6.07) is 7.54. The van der Waals surface area contributed by atoms with Crippen LogP contribution in [0, 0.1) is 5.82 Å². The molecule has 8 heteroatoms. The lowest BCUT2D eigenvalue weighted by atomic mass is 10.1. The quantitative estimate of drug-likeness (QED) is 0.730. The number of hydrogen-bond acceptors (Lipinski definition) is 5. The van der Waals surface area contributed by atoms with E-state index >= 15 is 0 Å². The van der Waals surface area contributed by atoms with Gasteiger partial charge in [0, 0.05) is 31.1 Å². The van der Waals surface area contributed by atoms with Gasteiger partial charge in [0.2, 0.25) is 5.76 Å². The summed E-state index contributed by atoms with van der Waals surface area (Å²) < 4.78 is 20.6. The number of halogens is 1. The summed E-state index contributed by atoms with van der Waals surface area (Å²) in [5, 5.41) is 12.2. The molecule has 1 amide bonds. The maximum absolute atomic E-state index is 13.3. The third-order valence-corrected chi connectivity index (χ3v) is 4.27. The van der Waals surface area contributed by atoms with Crippen molar-refractivity contribution >= 4 is 5.91 Å². The Bertz CT molecular complexity index is 933. The zero-order valence-corrected chi connectivity index (χ0v) is 13.6. The summed E-state index contributed by atoms with van der Waals surface area (Å²) in [6.45, 7) is 3.61. The standard InChI is InChI=1S/C17H16FN5O2/c1-2-15-19-20-16-10-22(6-7-23(15)16)17(24)14-9-13(21-25-14)11-4-3-5-12(18)8-11/h3-5,8-9H,2,6-7,10H2,1H3. The molecule has 3 heterocycles. The summed E-state index contributed by atoms with van der Waals surface area (Å²) in [5.41, 5.74) is 0.991. The molecular weight excluding hydrogens is 325 g/mol. The molecule has 3 aromatic rings. The SMILES string of the molecule is CCc1nnc2n1CCN(C(=O)c1cc(-c3cccc(F)c3)no1)C2. The van der Waals surface area contributed by atoms with Gasteiger partial charge in [0.15, 0.2) is 5.82 Å². The first kappa shape index (κ1) is 15.5. The molecule has 0 N–H and O–H groups in total. The molecule has 0 aliphatic carbocycles. The monoisotopic (exact) mass is 341 g/mol.